The Balaban J connectivity index is 1.78. The van der Waals surface area contributed by atoms with E-state index in [-0.39, 0.29) is 17.8 Å². The second kappa shape index (κ2) is 8.13. The maximum absolute atomic E-state index is 12.7. The number of carbonyl (C=O) groups excluding carboxylic acids is 2. The van der Waals surface area contributed by atoms with Crippen molar-refractivity contribution in [3.8, 4) is 0 Å². The Morgan fingerprint density at radius 1 is 0.962 bits per heavy atom. The molecular weight excluding hydrogens is 324 g/mol. The zero-order chi connectivity index (χ0) is 18.4. The molecule has 0 amide bonds. The summed E-state index contributed by atoms with van der Waals surface area (Å²) < 4.78 is 5.86. The molecule has 3 rings (SSSR count). The van der Waals surface area contributed by atoms with E-state index in [2.05, 4.69) is 19.1 Å². The molecule has 1 atom stereocenters. The molecule has 1 fully saturated rings. The molecule has 134 valence electrons. The van der Waals surface area contributed by atoms with Crippen LogP contribution in [0.1, 0.15) is 43.7 Å². The SMILES string of the molecule is CCCC1(CCc2ccccc2)CC(=O)/C(=C/c2ccccc2)C(=O)O1. The van der Waals surface area contributed by atoms with Crippen molar-refractivity contribution in [2.24, 2.45) is 0 Å². The molecule has 0 bridgehead atoms. The first-order valence-corrected chi connectivity index (χ1v) is 9.19. The Hall–Kier alpha value is -2.68. The van der Waals surface area contributed by atoms with Gasteiger partial charge < -0.3 is 4.74 Å². The summed E-state index contributed by atoms with van der Waals surface area (Å²) >= 11 is 0. The Bertz CT molecular complexity index is 771. The van der Waals surface area contributed by atoms with Gasteiger partial charge in [-0.05, 0) is 36.5 Å². The number of hydrogen-bond donors (Lipinski definition) is 0. The number of cyclic esters (lactones) is 1. The Morgan fingerprint density at radius 3 is 2.23 bits per heavy atom. The van der Waals surface area contributed by atoms with Crippen LogP contribution in [0.3, 0.4) is 0 Å². The highest BCUT2D eigenvalue weighted by Gasteiger charge is 2.43. The highest BCUT2D eigenvalue weighted by atomic mass is 16.6. The van der Waals surface area contributed by atoms with E-state index in [1.165, 1.54) is 5.56 Å². The lowest BCUT2D eigenvalue weighted by Gasteiger charge is -2.37. The fourth-order valence-electron chi connectivity index (χ4n) is 3.52. The molecule has 3 heteroatoms. The lowest BCUT2D eigenvalue weighted by Crippen LogP contribution is -2.44. The van der Waals surface area contributed by atoms with Gasteiger partial charge in [-0.15, -0.1) is 0 Å². The second-order valence-corrected chi connectivity index (χ2v) is 6.88. The highest BCUT2D eigenvalue weighted by molar-refractivity contribution is 6.22. The third-order valence-electron chi connectivity index (χ3n) is 4.84. The van der Waals surface area contributed by atoms with E-state index in [0.29, 0.717) is 12.8 Å². The van der Waals surface area contributed by atoms with E-state index in [4.69, 9.17) is 4.74 Å². The van der Waals surface area contributed by atoms with E-state index in [9.17, 15) is 9.59 Å². The van der Waals surface area contributed by atoms with Crippen LogP contribution >= 0.6 is 0 Å². The third-order valence-corrected chi connectivity index (χ3v) is 4.84. The number of ether oxygens (including phenoxy) is 1. The summed E-state index contributed by atoms with van der Waals surface area (Å²) in [5.74, 6) is -0.613. The summed E-state index contributed by atoms with van der Waals surface area (Å²) in [7, 11) is 0. The zero-order valence-electron chi connectivity index (χ0n) is 15.1. The first-order valence-electron chi connectivity index (χ1n) is 9.19. The minimum absolute atomic E-state index is 0.119. The molecule has 1 heterocycles. The molecular formula is C23H24O3. The Kier molecular flexibility index (Phi) is 5.67. The van der Waals surface area contributed by atoms with Gasteiger partial charge in [-0.2, -0.15) is 0 Å². The molecule has 3 nitrogen and oxygen atoms in total. The van der Waals surface area contributed by atoms with Crippen molar-refractivity contribution in [2.45, 2.75) is 44.6 Å². The van der Waals surface area contributed by atoms with E-state index >= 15 is 0 Å². The fourth-order valence-corrected chi connectivity index (χ4v) is 3.52. The van der Waals surface area contributed by atoms with Crippen molar-refractivity contribution in [3.63, 3.8) is 0 Å². The van der Waals surface area contributed by atoms with Crippen LogP contribution in [0.4, 0.5) is 0 Å². The lowest BCUT2D eigenvalue weighted by molar-refractivity contribution is -0.164. The number of aryl methyl sites for hydroxylation is 1. The first-order chi connectivity index (χ1) is 12.6. The van der Waals surface area contributed by atoms with Crippen LogP contribution in [0.25, 0.3) is 6.08 Å². The quantitative estimate of drug-likeness (QED) is 0.429. The Labute approximate surface area is 154 Å². The average Bonchev–Trinajstić information content (AvgIpc) is 2.65. The minimum Gasteiger partial charge on any atom is -0.455 e. The topological polar surface area (TPSA) is 43.4 Å². The maximum Gasteiger partial charge on any atom is 0.342 e. The summed E-state index contributed by atoms with van der Waals surface area (Å²) in [5, 5.41) is 0. The summed E-state index contributed by atoms with van der Waals surface area (Å²) in [6.45, 7) is 2.05. The van der Waals surface area contributed by atoms with Crippen molar-refractivity contribution >= 4 is 17.8 Å². The van der Waals surface area contributed by atoms with Crippen molar-refractivity contribution in [1.82, 2.24) is 0 Å². The number of rotatable bonds is 6. The van der Waals surface area contributed by atoms with Crippen LogP contribution in [0.15, 0.2) is 66.2 Å². The molecule has 0 aliphatic carbocycles. The molecule has 2 aromatic rings. The van der Waals surface area contributed by atoms with E-state index in [1.807, 2.05) is 48.5 Å². The standard InChI is InChI=1S/C23H24O3/c1-2-14-23(15-13-18-9-5-3-6-10-18)17-21(24)20(22(25)26-23)16-19-11-7-4-8-12-19/h3-12,16H,2,13-15,17H2,1H3/b20-16-. The fraction of sp³-hybridized carbons (Fsp3) is 0.304. The number of Topliss-reactive ketones (excluding diaryl/α,β-unsaturated/α-hetero) is 1. The van der Waals surface area contributed by atoms with Gasteiger partial charge in [0.2, 0.25) is 0 Å². The molecule has 1 aliphatic rings. The van der Waals surface area contributed by atoms with Crippen LogP contribution in [-0.2, 0) is 20.7 Å². The predicted molar refractivity (Wildman–Crippen MR) is 103 cm³/mol. The van der Waals surface area contributed by atoms with Gasteiger partial charge in [0.15, 0.2) is 5.78 Å². The Morgan fingerprint density at radius 2 is 1.62 bits per heavy atom. The number of ketones is 1. The van der Waals surface area contributed by atoms with Crippen LogP contribution in [0.5, 0.6) is 0 Å². The first kappa shape index (κ1) is 18.1. The second-order valence-electron chi connectivity index (χ2n) is 6.88. The van der Waals surface area contributed by atoms with Crippen molar-refractivity contribution < 1.29 is 14.3 Å². The lowest BCUT2D eigenvalue weighted by atomic mass is 9.82. The molecule has 1 saturated heterocycles. The van der Waals surface area contributed by atoms with Gasteiger partial charge in [-0.1, -0.05) is 74.0 Å². The smallest absolute Gasteiger partial charge is 0.342 e. The van der Waals surface area contributed by atoms with E-state index < -0.39 is 11.6 Å². The van der Waals surface area contributed by atoms with Crippen molar-refractivity contribution in [3.05, 3.63) is 77.4 Å². The maximum atomic E-state index is 12.7. The molecule has 1 aliphatic heterocycles. The largest absolute Gasteiger partial charge is 0.455 e. The highest BCUT2D eigenvalue weighted by Crippen LogP contribution is 2.35. The summed E-state index contributed by atoms with van der Waals surface area (Å²) in [5.41, 5.74) is 1.49. The average molecular weight is 348 g/mol. The van der Waals surface area contributed by atoms with Crippen molar-refractivity contribution in [2.75, 3.05) is 0 Å². The van der Waals surface area contributed by atoms with Crippen LogP contribution in [0, 0.1) is 0 Å². The van der Waals surface area contributed by atoms with Gasteiger partial charge in [0.1, 0.15) is 11.2 Å². The summed E-state index contributed by atoms with van der Waals surface area (Å²) in [6.07, 6.45) is 4.93. The van der Waals surface area contributed by atoms with Crippen LogP contribution < -0.4 is 0 Å². The van der Waals surface area contributed by atoms with Crippen molar-refractivity contribution in [1.29, 1.82) is 0 Å². The number of benzene rings is 2. The predicted octanol–water partition coefficient (Wildman–Crippen LogP) is 4.76. The third kappa shape index (κ3) is 4.29. The van der Waals surface area contributed by atoms with Gasteiger partial charge in [-0.25, -0.2) is 4.79 Å². The van der Waals surface area contributed by atoms with Gasteiger partial charge >= 0.3 is 5.97 Å². The number of esters is 1. The molecule has 0 radical (unpaired) electrons. The summed E-state index contributed by atoms with van der Waals surface area (Å²) in [6, 6.07) is 19.5. The molecule has 1 unspecified atom stereocenters. The van der Waals surface area contributed by atoms with Gasteiger partial charge in [0.25, 0.3) is 0 Å². The van der Waals surface area contributed by atoms with Crippen LogP contribution in [0.2, 0.25) is 0 Å². The normalized spacial score (nSPS) is 21.7. The minimum atomic E-state index is -0.688. The zero-order valence-corrected chi connectivity index (χ0v) is 15.1. The summed E-state index contributed by atoms with van der Waals surface area (Å²) in [4.78, 5) is 25.3. The van der Waals surface area contributed by atoms with E-state index in [1.54, 1.807) is 6.08 Å². The molecule has 0 N–H and O–H groups in total. The van der Waals surface area contributed by atoms with Crippen LogP contribution in [-0.4, -0.2) is 17.4 Å². The van der Waals surface area contributed by atoms with Gasteiger partial charge in [0, 0.05) is 0 Å². The molecule has 0 spiro atoms. The van der Waals surface area contributed by atoms with E-state index in [0.717, 1.165) is 18.4 Å². The van der Waals surface area contributed by atoms with Gasteiger partial charge in [0.05, 0.1) is 6.42 Å². The molecule has 0 aromatic heterocycles. The molecule has 26 heavy (non-hydrogen) atoms. The monoisotopic (exact) mass is 348 g/mol. The molecule has 2 aromatic carbocycles. The number of hydrogen-bond acceptors (Lipinski definition) is 3. The molecule has 0 saturated carbocycles. The number of carbonyl (C=O) groups is 2. The van der Waals surface area contributed by atoms with Gasteiger partial charge in [-0.3, -0.25) is 4.79 Å².